The van der Waals surface area contributed by atoms with Gasteiger partial charge in [-0.2, -0.15) is 0 Å². The minimum absolute atomic E-state index is 0.170. The zero-order valence-electron chi connectivity index (χ0n) is 6.17. The fraction of sp³-hybridized carbons (Fsp3) is 1.00. The van der Waals surface area contributed by atoms with Crippen LogP contribution in [0.5, 0.6) is 0 Å². The number of hydrogen-bond acceptors (Lipinski definition) is 3. The third-order valence-electron chi connectivity index (χ3n) is 2.16. The minimum atomic E-state index is 0.170. The summed E-state index contributed by atoms with van der Waals surface area (Å²) in [6, 6.07) is 0. The van der Waals surface area contributed by atoms with Crippen LogP contribution in [0.25, 0.3) is 0 Å². The van der Waals surface area contributed by atoms with E-state index in [0.29, 0.717) is 12.0 Å². The van der Waals surface area contributed by atoms with Crippen molar-refractivity contribution in [2.45, 2.75) is 19.3 Å². The van der Waals surface area contributed by atoms with E-state index >= 15 is 0 Å². The maximum Gasteiger partial charge on any atom is 0.135 e. The summed E-state index contributed by atoms with van der Waals surface area (Å²) in [6.07, 6.45) is 0.470. The van der Waals surface area contributed by atoms with Gasteiger partial charge in [-0.05, 0) is 0 Å². The first kappa shape index (κ1) is 6.58. The number of ether oxygens (including phenoxy) is 2. The summed E-state index contributed by atoms with van der Waals surface area (Å²) in [4.78, 5) is 0. The summed E-state index contributed by atoms with van der Waals surface area (Å²) < 4.78 is 11.0. The molecule has 0 aromatic rings. The number of fused-ring (bicyclic) bond motifs is 1. The summed E-state index contributed by atoms with van der Waals surface area (Å²) in [6.45, 7) is 4.75. The van der Waals surface area contributed by atoms with Crippen molar-refractivity contribution < 1.29 is 9.47 Å². The second-order valence-corrected chi connectivity index (χ2v) is 3.02. The lowest BCUT2D eigenvalue weighted by molar-refractivity contribution is -0.0630. The zero-order chi connectivity index (χ0) is 6.97. The first-order valence-electron chi connectivity index (χ1n) is 3.84. The van der Waals surface area contributed by atoms with Crippen LogP contribution in [0.4, 0.5) is 0 Å². The smallest absolute Gasteiger partial charge is 0.135 e. The second-order valence-electron chi connectivity index (χ2n) is 3.02. The Bertz CT molecular complexity index is 127. The predicted molar refractivity (Wildman–Crippen MR) is 36.6 cm³/mol. The second kappa shape index (κ2) is 2.49. The molecule has 2 aliphatic rings. The fourth-order valence-electron chi connectivity index (χ4n) is 1.57. The molecule has 2 aliphatic heterocycles. The number of nitrogens with one attached hydrogen (secondary N) is 1. The third kappa shape index (κ3) is 0.944. The van der Waals surface area contributed by atoms with Crippen LogP contribution in [-0.4, -0.2) is 32.1 Å². The topological polar surface area (TPSA) is 30.5 Å². The number of hydrogen-bond donors (Lipinski definition) is 1. The van der Waals surface area contributed by atoms with Crippen LogP contribution in [0.2, 0.25) is 0 Å². The molecule has 3 nitrogen and oxygen atoms in total. The maximum atomic E-state index is 5.53. The molecule has 2 heterocycles. The number of rotatable bonds is 0. The van der Waals surface area contributed by atoms with Crippen molar-refractivity contribution in [1.29, 1.82) is 0 Å². The Morgan fingerprint density at radius 3 is 3.10 bits per heavy atom. The average molecular weight is 143 g/mol. The molecule has 2 saturated heterocycles. The van der Waals surface area contributed by atoms with E-state index in [2.05, 4.69) is 12.2 Å². The van der Waals surface area contributed by atoms with Crippen LogP contribution in [0.1, 0.15) is 6.92 Å². The highest BCUT2D eigenvalue weighted by Crippen LogP contribution is 2.22. The van der Waals surface area contributed by atoms with E-state index in [1.165, 1.54) is 0 Å². The highest BCUT2D eigenvalue weighted by atomic mass is 16.6. The molecule has 0 radical (unpaired) electrons. The van der Waals surface area contributed by atoms with Crippen molar-refractivity contribution in [3.63, 3.8) is 0 Å². The van der Waals surface area contributed by atoms with E-state index in [0.717, 1.165) is 19.8 Å². The maximum absolute atomic E-state index is 5.53. The normalized spacial score (nSPS) is 47.1. The molecule has 0 bridgehead atoms. The van der Waals surface area contributed by atoms with Crippen molar-refractivity contribution in [2.75, 3.05) is 19.8 Å². The van der Waals surface area contributed by atoms with Crippen molar-refractivity contribution >= 4 is 0 Å². The van der Waals surface area contributed by atoms with Crippen LogP contribution in [0.3, 0.4) is 0 Å². The van der Waals surface area contributed by atoms with E-state index < -0.39 is 0 Å². The molecule has 0 aromatic carbocycles. The Labute approximate surface area is 60.7 Å². The van der Waals surface area contributed by atoms with Crippen molar-refractivity contribution in [2.24, 2.45) is 5.92 Å². The molecular weight excluding hydrogens is 130 g/mol. The molecule has 10 heavy (non-hydrogen) atoms. The van der Waals surface area contributed by atoms with Gasteiger partial charge in [0.15, 0.2) is 0 Å². The lowest BCUT2D eigenvalue weighted by Crippen LogP contribution is -2.47. The minimum Gasteiger partial charge on any atom is -0.372 e. The standard InChI is InChI=1S/C7H13NO2/c1-5-4-10-7-6(5)9-3-2-8-7/h5-8H,2-4H2,1H3. The first-order chi connectivity index (χ1) is 4.88. The predicted octanol–water partition coefficient (Wildman–Crippen LogP) is -0.0328. The molecule has 2 fully saturated rings. The van der Waals surface area contributed by atoms with Gasteiger partial charge in [0, 0.05) is 12.5 Å². The molecule has 0 saturated carbocycles. The van der Waals surface area contributed by atoms with Crippen molar-refractivity contribution in [3.05, 3.63) is 0 Å². The molecule has 1 N–H and O–H groups in total. The average Bonchev–Trinajstić information content (AvgIpc) is 2.34. The Morgan fingerprint density at radius 2 is 2.30 bits per heavy atom. The van der Waals surface area contributed by atoms with Gasteiger partial charge in [0.25, 0.3) is 0 Å². The van der Waals surface area contributed by atoms with E-state index in [9.17, 15) is 0 Å². The molecule has 0 spiro atoms. The van der Waals surface area contributed by atoms with Crippen molar-refractivity contribution in [1.82, 2.24) is 5.32 Å². The molecule has 0 aliphatic carbocycles. The molecule has 3 unspecified atom stereocenters. The Morgan fingerprint density at radius 1 is 1.40 bits per heavy atom. The van der Waals surface area contributed by atoms with Gasteiger partial charge in [0.05, 0.1) is 13.2 Å². The van der Waals surface area contributed by atoms with Gasteiger partial charge >= 0.3 is 0 Å². The van der Waals surface area contributed by atoms with Crippen LogP contribution < -0.4 is 5.32 Å². The van der Waals surface area contributed by atoms with Gasteiger partial charge in [-0.15, -0.1) is 0 Å². The lowest BCUT2D eigenvalue weighted by atomic mass is 10.1. The summed E-state index contributed by atoms with van der Waals surface area (Å²) in [5.41, 5.74) is 0. The van der Waals surface area contributed by atoms with Gasteiger partial charge in [-0.1, -0.05) is 6.92 Å². The zero-order valence-corrected chi connectivity index (χ0v) is 6.17. The molecular formula is C7H13NO2. The Kier molecular flexibility index (Phi) is 1.64. The van der Waals surface area contributed by atoms with Gasteiger partial charge < -0.3 is 9.47 Å². The lowest BCUT2D eigenvalue weighted by Gasteiger charge is -2.27. The molecule has 2 rings (SSSR count). The summed E-state index contributed by atoms with van der Waals surface area (Å²) in [5.74, 6) is 0.554. The Hall–Kier alpha value is -0.120. The summed E-state index contributed by atoms with van der Waals surface area (Å²) in [5, 5.41) is 3.26. The molecule has 0 amide bonds. The molecule has 3 heteroatoms. The monoisotopic (exact) mass is 143 g/mol. The van der Waals surface area contributed by atoms with Gasteiger partial charge in [-0.25, -0.2) is 0 Å². The fourth-order valence-corrected chi connectivity index (χ4v) is 1.57. The highest BCUT2D eigenvalue weighted by molar-refractivity contribution is 4.83. The first-order valence-corrected chi connectivity index (χ1v) is 3.84. The molecule has 0 aromatic heterocycles. The quantitative estimate of drug-likeness (QED) is 0.516. The highest BCUT2D eigenvalue weighted by Gasteiger charge is 2.36. The van der Waals surface area contributed by atoms with E-state index in [4.69, 9.17) is 9.47 Å². The SMILES string of the molecule is CC1COC2NCCOC12. The van der Waals surface area contributed by atoms with Crippen molar-refractivity contribution in [3.8, 4) is 0 Å². The third-order valence-corrected chi connectivity index (χ3v) is 2.16. The number of morpholine rings is 1. The van der Waals surface area contributed by atoms with Crippen LogP contribution in [-0.2, 0) is 9.47 Å². The van der Waals surface area contributed by atoms with E-state index in [-0.39, 0.29) is 6.23 Å². The molecule has 3 atom stereocenters. The van der Waals surface area contributed by atoms with Crippen LogP contribution in [0, 0.1) is 5.92 Å². The van der Waals surface area contributed by atoms with E-state index in [1.54, 1.807) is 0 Å². The largest absolute Gasteiger partial charge is 0.372 e. The van der Waals surface area contributed by atoms with E-state index in [1.807, 2.05) is 0 Å². The van der Waals surface area contributed by atoms with Gasteiger partial charge in [0.2, 0.25) is 0 Å². The molecule has 58 valence electrons. The van der Waals surface area contributed by atoms with Crippen LogP contribution in [0.15, 0.2) is 0 Å². The van der Waals surface area contributed by atoms with Gasteiger partial charge in [-0.3, -0.25) is 5.32 Å². The van der Waals surface area contributed by atoms with Crippen LogP contribution >= 0.6 is 0 Å². The summed E-state index contributed by atoms with van der Waals surface area (Å²) >= 11 is 0. The summed E-state index contributed by atoms with van der Waals surface area (Å²) in [7, 11) is 0. The van der Waals surface area contributed by atoms with Gasteiger partial charge in [0.1, 0.15) is 12.3 Å². The Balaban J connectivity index is 2.01.